The van der Waals surface area contributed by atoms with Crippen LogP contribution in [0.15, 0.2) is 4.90 Å². The van der Waals surface area contributed by atoms with E-state index in [-0.39, 0.29) is 17.1 Å². The van der Waals surface area contributed by atoms with E-state index in [1.165, 1.54) is 0 Å². The number of carbonyl (C=O) groups is 1. The lowest BCUT2D eigenvalue weighted by Gasteiger charge is -2.03. The molecule has 0 fully saturated rings. The number of primary sulfonamides is 1. The van der Waals surface area contributed by atoms with Crippen molar-refractivity contribution in [2.75, 3.05) is 6.61 Å². The van der Waals surface area contributed by atoms with E-state index in [1.54, 1.807) is 32.4 Å². The Bertz CT molecular complexity index is 557. The molecule has 7 heteroatoms. The lowest BCUT2D eigenvalue weighted by molar-refractivity contribution is 0.0521. The smallest absolute Gasteiger partial charge is 0.341 e. The molecule has 0 spiro atoms. The molecule has 0 aliphatic rings. The molecule has 0 aromatic carbocycles. The molecule has 2 N–H and O–H groups in total. The Hall–Kier alpha value is -1.34. The highest BCUT2D eigenvalue weighted by Crippen LogP contribution is 2.25. The fraction of sp³-hybridized carbons (Fsp3) is 0.500. The summed E-state index contributed by atoms with van der Waals surface area (Å²) < 4.78 is 29.5. The molecule has 6 nitrogen and oxygen atoms in total. The van der Waals surface area contributed by atoms with Gasteiger partial charge in [0, 0.05) is 18.4 Å². The highest BCUT2D eigenvalue weighted by atomic mass is 32.2. The van der Waals surface area contributed by atoms with E-state index in [2.05, 4.69) is 0 Å². The number of nitrogens with zero attached hydrogens (tertiary/aromatic N) is 1. The quantitative estimate of drug-likeness (QED) is 0.799. The summed E-state index contributed by atoms with van der Waals surface area (Å²) in [5, 5.41) is 5.13. The molecule has 1 heterocycles. The molecule has 0 atom stereocenters. The second-order valence-electron chi connectivity index (χ2n) is 3.70. The van der Waals surface area contributed by atoms with Gasteiger partial charge in [-0.1, -0.05) is 0 Å². The van der Waals surface area contributed by atoms with Gasteiger partial charge in [0.15, 0.2) is 0 Å². The van der Waals surface area contributed by atoms with Crippen molar-refractivity contribution in [1.82, 2.24) is 4.57 Å². The monoisotopic (exact) mass is 260 g/mol. The fourth-order valence-corrected chi connectivity index (χ4v) is 2.77. The molecular formula is C10H16N2O4S. The molecule has 0 radical (unpaired) electrons. The molecule has 96 valence electrons. The van der Waals surface area contributed by atoms with Crippen molar-refractivity contribution in [2.24, 2.45) is 12.2 Å². The van der Waals surface area contributed by atoms with E-state index in [4.69, 9.17) is 9.88 Å². The van der Waals surface area contributed by atoms with Crippen LogP contribution in [0.3, 0.4) is 0 Å². The molecule has 1 aromatic rings. The zero-order valence-electron chi connectivity index (χ0n) is 10.3. The molecule has 0 amide bonds. The SMILES string of the molecule is CCOC(=O)c1c(S(N)(=O)=O)c(C)n(C)c1C. The first-order chi connectivity index (χ1) is 7.71. The first kappa shape index (κ1) is 13.7. The van der Waals surface area contributed by atoms with Crippen molar-refractivity contribution in [3.63, 3.8) is 0 Å². The lowest BCUT2D eigenvalue weighted by Crippen LogP contribution is -2.18. The Morgan fingerprint density at radius 1 is 1.35 bits per heavy atom. The van der Waals surface area contributed by atoms with Gasteiger partial charge < -0.3 is 9.30 Å². The average molecular weight is 260 g/mol. The standard InChI is InChI=1S/C10H16N2O4S/c1-5-16-10(13)8-6(2)12(4)7(3)9(8)17(11,14)15/h5H2,1-4H3,(H2,11,14,15). The van der Waals surface area contributed by atoms with Crippen molar-refractivity contribution >= 4 is 16.0 Å². The van der Waals surface area contributed by atoms with E-state index in [0.29, 0.717) is 11.4 Å². The number of carbonyl (C=O) groups excluding carboxylic acids is 1. The number of hydrogen-bond donors (Lipinski definition) is 1. The van der Waals surface area contributed by atoms with Crippen LogP contribution in [0.1, 0.15) is 28.7 Å². The molecule has 0 saturated heterocycles. The summed E-state index contributed by atoms with van der Waals surface area (Å²) in [6.07, 6.45) is 0. The minimum Gasteiger partial charge on any atom is -0.462 e. The predicted octanol–water partition coefficient (Wildman–Crippen LogP) is 0.466. The third-order valence-corrected chi connectivity index (χ3v) is 3.76. The first-order valence-electron chi connectivity index (χ1n) is 5.07. The summed E-state index contributed by atoms with van der Waals surface area (Å²) in [5.41, 5.74) is 0.965. The normalized spacial score (nSPS) is 11.6. The minimum absolute atomic E-state index is 0.0225. The van der Waals surface area contributed by atoms with Gasteiger partial charge in [-0.25, -0.2) is 18.4 Å². The van der Waals surface area contributed by atoms with Crippen molar-refractivity contribution < 1.29 is 17.9 Å². The van der Waals surface area contributed by atoms with Crippen molar-refractivity contribution in [1.29, 1.82) is 0 Å². The third kappa shape index (κ3) is 2.34. The number of nitrogens with two attached hydrogens (primary N) is 1. The van der Waals surface area contributed by atoms with Gasteiger partial charge in [0.2, 0.25) is 10.0 Å². The number of rotatable bonds is 3. The van der Waals surface area contributed by atoms with Crippen LogP contribution >= 0.6 is 0 Å². The number of esters is 1. The van der Waals surface area contributed by atoms with Gasteiger partial charge in [-0.3, -0.25) is 0 Å². The van der Waals surface area contributed by atoms with E-state index >= 15 is 0 Å². The van der Waals surface area contributed by atoms with Gasteiger partial charge >= 0.3 is 5.97 Å². The highest BCUT2D eigenvalue weighted by molar-refractivity contribution is 7.89. The van der Waals surface area contributed by atoms with E-state index in [0.717, 1.165) is 0 Å². The van der Waals surface area contributed by atoms with Gasteiger partial charge in [0.05, 0.1) is 6.61 Å². The lowest BCUT2D eigenvalue weighted by atomic mass is 10.2. The zero-order valence-corrected chi connectivity index (χ0v) is 11.1. The fourth-order valence-electron chi connectivity index (χ4n) is 1.71. The van der Waals surface area contributed by atoms with Crippen LogP contribution < -0.4 is 5.14 Å². The maximum absolute atomic E-state index is 11.7. The number of aromatic nitrogens is 1. The molecule has 17 heavy (non-hydrogen) atoms. The van der Waals surface area contributed by atoms with Crippen LogP contribution in [0.2, 0.25) is 0 Å². The largest absolute Gasteiger partial charge is 0.462 e. The van der Waals surface area contributed by atoms with E-state index in [1.807, 2.05) is 0 Å². The topological polar surface area (TPSA) is 91.4 Å². The van der Waals surface area contributed by atoms with Crippen LogP contribution in [0.5, 0.6) is 0 Å². The van der Waals surface area contributed by atoms with Gasteiger partial charge in [0.25, 0.3) is 0 Å². The first-order valence-corrected chi connectivity index (χ1v) is 6.62. The number of hydrogen-bond acceptors (Lipinski definition) is 4. The van der Waals surface area contributed by atoms with E-state index in [9.17, 15) is 13.2 Å². The molecule has 1 rings (SSSR count). The summed E-state index contributed by atoms with van der Waals surface area (Å²) in [6, 6.07) is 0. The molecule has 0 aliphatic heterocycles. The van der Waals surface area contributed by atoms with Crippen LogP contribution in [-0.4, -0.2) is 25.6 Å². The molecular weight excluding hydrogens is 244 g/mol. The Balaban J connectivity index is 3.59. The highest BCUT2D eigenvalue weighted by Gasteiger charge is 2.29. The summed E-state index contributed by atoms with van der Waals surface area (Å²) in [7, 11) is -2.28. The van der Waals surface area contributed by atoms with E-state index < -0.39 is 16.0 Å². The predicted molar refractivity (Wildman–Crippen MR) is 62.2 cm³/mol. The van der Waals surface area contributed by atoms with Crippen molar-refractivity contribution in [2.45, 2.75) is 25.7 Å². The van der Waals surface area contributed by atoms with Gasteiger partial charge in [-0.15, -0.1) is 0 Å². The molecule has 0 bridgehead atoms. The number of ether oxygens (including phenoxy) is 1. The van der Waals surface area contributed by atoms with Crippen LogP contribution in [0.4, 0.5) is 0 Å². The second kappa shape index (κ2) is 4.50. The van der Waals surface area contributed by atoms with Crippen LogP contribution in [0, 0.1) is 13.8 Å². The maximum Gasteiger partial charge on any atom is 0.341 e. The zero-order chi connectivity index (χ0) is 13.4. The third-order valence-electron chi connectivity index (χ3n) is 2.69. The Morgan fingerprint density at radius 3 is 2.29 bits per heavy atom. The number of sulfonamides is 1. The maximum atomic E-state index is 11.7. The molecule has 0 unspecified atom stereocenters. The molecule has 0 saturated carbocycles. The second-order valence-corrected chi connectivity index (χ2v) is 5.20. The summed E-state index contributed by atoms with van der Waals surface area (Å²) >= 11 is 0. The van der Waals surface area contributed by atoms with Crippen LogP contribution in [0.25, 0.3) is 0 Å². The Kier molecular flexibility index (Phi) is 3.63. The molecule has 1 aromatic heterocycles. The van der Waals surface area contributed by atoms with Gasteiger partial charge in [0.1, 0.15) is 10.5 Å². The van der Waals surface area contributed by atoms with Crippen molar-refractivity contribution in [3.8, 4) is 0 Å². The summed E-state index contributed by atoms with van der Waals surface area (Å²) in [4.78, 5) is 11.6. The molecule has 0 aliphatic carbocycles. The average Bonchev–Trinajstić information content (AvgIpc) is 2.42. The minimum atomic E-state index is -3.95. The van der Waals surface area contributed by atoms with Gasteiger partial charge in [-0.2, -0.15) is 0 Å². The van der Waals surface area contributed by atoms with Crippen LogP contribution in [-0.2, 0) is 21.8 Å². The van der Waals surface area contributed by atoms with Gasteiger partial charge in [-0.05, 0) is 20.8 Å². The Labute approximate surface area is 100 Å². The summed E-state index contributed by atoms with van der Waals surface area (Å²) in [6.45, 7) is 5.07. The summed E-state index contributed by atoms with van der Waals surface area (Å²) in [5.74, 6) is -0.669. The Morgan fingerprint density at radius 2 is 1.88 bits per heavy atom. The van der Waals surface area contributed by atoms with Crippen molar-refractivity contribution in [3.05, 3.63) is 17.0 Å².